The summed E-state index contributed by atoms with van der Waals surface area (Å²) in [6, 6.07) is 17.2. The van der Waals surface area contributed by atoms with Gasteiger partial charge in [0.15, 0.2) is 0 Å². The van der Waals surface area contributed by atoms with Crippen molar-refractivity contribution in [2.45, 2.75) is 10.6 Å². The number of rotatable bonds is 3. The van der Waals surface area contributed by atoms with Gasteiger partial charge in [0.2, 0.25) is 0 Å². The molecule has 0 fully saturated rings. The van der Waals surface area contributed by atoms with E-state index in [1.165, 1.54) is 20.5 Å². The summed E-state index contributed by atoms with van der Waals surface area (Å²) < 4.78 is 0. The van der Waals surface area contributed by atoms with Gasteiger partial charge in [-0.3, -0.25) is 0 Å². The molecule has 2 aromatic carbocycles. The summed E-state index contributed by atoms with van der Waals surface area (Å²) in [6.07, 6.45) is 0. The van der Waals surface area contributed by atoms with Crippen LogP contribution in [0.15, 0.2) is 58.8 Å². The van der Waals surface area contributed by atoms with E-state index in [9.17, 15) is 0 Å². The van der Waals surface area contributed by atoms with Gasteiger partial charge in [-0.05, 0) is 29.0 Å². The maximum atomic E-state index is 5.39. The van der Waals surface area contributed by atoms with E-state index >= 15 is 0 Å². The van der Waals surface area contributed by atoms with Crippen LogP contribution in [-0.2, 0) is 5.75 Å². The first kappa shape index (κ1) is 14.2. The first-order valence-corrected chi connectivity index (χ1v) is 8.59. The standard InChI is InChI=1S/C18H15NS2/c19-9-3-4-14-10-18(20-12-14)13-21-17-8-7-15-5-1-2-6-16(15)11-17/h1-2,5-8,10-12H,9,13,19H2. The molecule has 21 heavy (non-hydrogen) atoms. The summed E-state index contributed by atoms with van der Waals surface area (Å²) in [4.78, 5) is 2.64. The van der Waals surface area contributed by atoms with Crippen LogP contribution in [0.5, 0.6) is 0 Å². The van der Waals surface area contributed by atoms with Crippen LogP contribution in [0.4, 0.5) is 0 Å². The van der Waals surface area contributed by atoms with Gasteiger partial charge in [-0.1, -0.05) is 42.2 Å². The van der Waals surface area contributed by atoms with Crippen molar-refractivity contribution in [2.24, 2.45) is 5.73 Å². The Labute approximate surface area is 133 Å². The lowest BCUT2D eigenvalue weighted by molar-refractivity contribution is 1.30. The molecular formula is C18H15NS2. The highest BCUT2D eigenvalue weighted by Crippen LogP contribution is 2.28. The molecule has 104 valence electrons. The summed E-state index contributed by atoms with van der Waals surface area (Å²) in [6.45, 7) is 0.414. The predicted octanol–water partition coefficient (Wildman–Crippen LogP) is 4.50. The van der Waals surface area contributed by atoms with Crippen LogP contribution in [-0.4, -0.2) is 6.54 Å². The van der Waals surface area contributed by atoms with Crippen molar-refractivity contribution in [3.63, 3.8) is 0 Å². The minimum atomic E-state index is 0.414. The molecule has 1 heterocycles. The fourth-order valence-corrected chi connectivity index (χ4v) is 3.90. The van der Waals surface area contributed by atoms with Crippen molar-refractivity contribution in [3.05, 3.63) is 64.4 Å². The van der Waals surface area contributed by atoms with E-state index in [1.807, 2.05) is 11.8 Å². The van der Waals surface area contributed by atoms with Crippen LogP contribution in [0.25, 0.3) is 10.8 Å². The molecule has 0 radical (unpaired) electrons. The number of nitrogens with two attached hydrogens (primary N) is 1. The van der Waals surface area contributed by atoms with E-state index in [0.29, 0.717) is 6.54 Å². The second-order valence-corrected chi connectivity index (χ2v) is 6.65. The lowest BCUT2D eigenvalue weighted by atomic mass is 10.1. The summed E-state index contributed by atoms with van der Waals surface area (Å²) >= 11 is 3.62. The zero-order valence-electron chi connectivity index (χ0n) is 11.5. The molecule has 3 rings (SSSR count). The van der Waals surface area contributed by atoms with Gasteiger partial charge in [0, 0.05) is 26.5 Å². The molecule has 3 heteroatoms. The topological polar surface area (TPSA) is 26.0 Å². The number of thiophene rings is 1. The molecule has 0 aliphatic heterocycles. The number of thioether (sulfide) groups is 1. The van der Waals surface area contributed by atoms with Gasteiger partial charge in [-0.15, -0.1) is 23.1 Å². The fraction of sp³-hybridized carbons (Fsp3) is 0.111. The maximum absolute atomic E-state index is 5.39. The molecule has 2 N–H and O–H groups in total. The Morgan fingerprint density at radius 3 is 2.76 bits per heavy atom. The monoisotopic (exact) mass is 309 g/mol. The molecule has 3 aromatic rings. The number of hydrogen-bond acceptors (Lipinski definition) is 3. The molecule has 0 bridgehead atoms. The number of hydrogen-bond donors (Lipinski definition) is 1. The second-order valence-electron chi connectivity index (χ2n) is 4.61. The molecule has 0 spiro atoms. The highest BCUT2D eigenvalue weighted by molar-refractivity contribution is 7.98. The van der Waals surface area contributed by atoms with Gasteiger partial charge in [0.1, 0.15) is 0 Å². The van der Waals surface area contributed by atoms with E-state index in [2.05, 4.69) is 65.8 Å². The second kappa shape index (κ2) is 6.82. The fourth-order valence-electron chi connectivity index (χ4n) is 2.09. The van der Waals surface area contributed by atoms with E-state index in [-0.39, 0.29) is 0 Å². The summed E-state index contributed by atoms with van der Waals surface area (Å²) in [5.41, 5.74) is 6.46. The third-order valence-corrected chi connectivity index (χ3v) is 5.25. The third-order valence-electron chi connectivity index (χ3n) is 3.09. The van der Waals surface area contributed by atoms with Crippen LogP contribution in [0.2, 0.25) is 0 Å². The van der Waals surface area contributed by atoms with Crippen LogP contribution in [0.3, 0.4) is 0 Å². The molecule has 0 saturated heterocycles. The van der Waals surface area contributed by atoms with Crippen LogP contribution in [0, 0.1) is 11.8 Å². The van der Waals surface area contributed by atoms with Crippen molar-refractivity contribution in [1.82, 2.24) is 0 Å². The average molecular weight is 309 g/mol. The predicted molar refractivity (Wildman–Crippen MR) is 93.8 cm³/mol. The first-order chi connectivity index (χ1) is 10.3. The number of fused-ring (bicyclic) bond motifs is 1. The van der Waals surface area contributed by atoms with Crippen molar-refractivity contribution < 1.29 is 0 Å². The molecular weight excluding hydrogens is 294 g/mol. The van der Waals surface area contributed by atoms with Gasteiger partial charge in [-0.2, -0.15) is 0 Å². The van der Waals surface area contributed by atoms with E-state index in [1.54, 1.807) is 11.3 Å². The Balaban J connectivity index is 1.69. The van der Waals surface area contributed by atoms with Gasteiger partial charge < -0.3 is 5.73 Å². The quantitative estimate of drug-likeness (QED) is 0.569. The highest BCUT2D eigenvalue weighted by atomic mass is 32.2. The molecule has 0 aliphatic carbocycles. The van der Waals surface area contributed by atoms with E-state index < -0.39 is 0 Å². The maximum Gasteiger partial charge on any atom is 0.0555 e. The summed E-state index contributed by atoms with van der Waals surface area (Å²) in [7, 11) is 0. The zero-order chi connectivity index (χ0) is 14.5. The first-order valence-electron chi connectivity index (χ1n) is 6.73. The Morgan fingerprint density at radius 1 is 1.05 bits per heavy atom. The van der Waals surface area contributed by atoms with Gasteiger partial charge in [-0.25, -0.2) is 0 Å². The Bertz CT molecular complexity index is 808. The van der Waals surface area contributed by atoms with E-state index in [4.69, 9.17) is 5.73 Å². The van der Waals surface area contributed by atoms with Crippen LogP contribution >= 0.6 is 23.1 Å². The third kappa shape index (κ3) is 3.68. The van der Waals surface area contributed by atoms with Crippen LogP contribution in [0.1, 0.15) is 10.4 Å². The SMILES string of the molecule is NCC#Cc1csc(CSc2ccc3ccccc3c2)c1. The van der Waals surface area contributed by atoms with Gasteiger partial charge >= 0.3 is 0 Å². The lowest BCUT2D eigenvalue weighted by Gasteiger charge is -2.02. The minimum absolute atomic E-state index is 0.414. The molecule has 0 unspecified atom stereocenters. The molecule has 0 atom stereocenters. The Morgan fingerprint density at radius 2 is 1.90 bits per heavy atom. The number of benzene rings is 2. The normalized spacial score (nSPS) is 10.3. The van der Waals surface area contributed by atoms with Gasteiger partial charge in [0.05, 0.1) is 6.54 Å². The lowest BCUT2D eigenvalue weighted by Crippen LogP contribution is -1.92. The van der Waals surface area contributed by atoms with E-state index in [0.717, 1.165) is 11.3 Å². The largest absolute Gasteiger partial charge is 0.320 e. The van der Waals surface area contributed by atoms with Crippen molar-refractivity contribution in [3.8, 4) is 11.8 Å². The average Bonchev–Trinajstić information content (AvgIpc) is 2.98. The summed E-state index contributed by atoms with van der Waals surface area (Å²) in [5.74, 6) is 6.94. The Hall–Kier alpha value is -1.73. The van der Waals surface area contributed by atoms with Gasteiger partial charge in [0.25, 0.3) is 0 Å². The molecule has 1 nitrogen and oxygen atoms in total. The zero-order valence-corrected chi connectivity index (χ0v) is 13.1. The molecule has 0 aliphatic rings. The smallest absolute Gasteiger partial charge is 0.0555 e. The van der Waals surface area contributed by atoms with Crippen molar-refractivity contribution >= 4 is 33.9 Å². The molecule has 0 saturated carbocycles. The molecule has 0 amide bonds. The molecule has 1 aromatic heterocycles. The minimum Gasteiger partial charge on any atom is -0.320 e. The Kier molecular flexibility index (Phi) is 4.62. The van der Waals surface area contributed by atoms with Crippen molar-refractivity contribution in [1.29, 1.82) is 0 Å². The highest BCUT2D eigenvalue weighted by Gasteiger charge is 2.01. The van der Waals surface area contributed by atoms with Crippen molar-refractivity contribution in [2.75, 3.05) is 6.54 Å². The van der Waals surface area contributed by atoms with Crippen LogP contribution < -0.4 is 5.73 Å². The summed E-state index contributed by atoms with van der Waals surface area (Å²) in [5, 5.41) is 4.68.